The maximum absolute atomic E-state index is 11.9. The Hall–Kier alpha value is -1.27. The molecule has 1 fully saturated rings. The third-order valence-corrected chi connectivity index (χ3v) is 2.66. The lowest BCUT2D eigenvalue weighted by atomic mass is 10.2. The van der Waals surface area contributed by atoms with Gasteiger partial charge < -0.3 is 14.8 Å². The predicted molar refractivity (Wildman–Crippen MR) is 59.2 cm³/mol. The first-order chi connectivity index (χ1) is 8.53. The van der Waals surface area contributed by atoms with Crippen molar-refractivity contribution >= 4 is 0 Å². The average molecular weight is 261 g/mol. The van der Waals surface area contributed by atoms with E-state index in [1.165, 1.54) is 12.1 Å². The smallest absolute Gasteiger partial charge is 0.406 e. The second-order valence-electron chi connectivity index (χ2n) is 4.12. The lowest BCUT2D eigenvalue weighted by Crippen LogP contribution is -2.17. The molecular formula is C12H14F3NO2. The highest BCUT2D eigenvalue weighted by Crippen LogP contribution is 2.23. The van der Waals surface area contributed by atoms with E-state index < -0.39 is 6.36 Å². The zero-order valence-electron chi connectivity index (χ0n) is 9.67. The predicted octanol–water partition coefficient (Wildman–Crippen LogP) is 2.46. The first kappa shape index (κ1) is 13.2. The Labute approximate surface area is 103 Å². The fraction of sp³-hybridized carbons (Fsp3) is 0.500. The van der Waals surface area contributed by atoms with Crippen molar-refractivity contribution < 1.29 is 22.6 Å². The number of halogens is 3. The number of hydrogen-bond donors (Lipinski definition) is 1. The molecule has 0 radical (unpaired) electrons. The van der Waals surface area contributed by atoms with Crippen molar-refractivity contribution in [2.45, 2.75) is 25.5 Å². The lowest BCUT2D eigenvalue weighted by molar-refractivity contribution is -0.274. The minimum Gasteiger partial charge on any atom is -0.406 e. The summed E-state index contributed by atoms with van der Waals surface area (Å²) in [7, 11) is 0. The molecule has 1 aromatic carbocycles. The first-order valence-corrected chi connectivity index (χ1v) is 5.70. The topological polar surface area (TPSA) is 30.5 Å². The maximum atomic E-state index is 11.9. The van der Waals surface area contributed by atoms with Gasteiger partial charge in [-0.3, -0.25) is 0 Å². The van der Waals surface area contributed by atoms with E-state index >= 15 is 0 Å². The quantitative estimate of drug-likeness (QED) is 0.903. The number of hydrogen-bond acceptors (Lipinski definition) is 3. The van der Waals surface area contributed by atoms with Crippen LogP contribution in [0.2, 0.25) is 0 Å². The van der Waals surface area contributed by atoms with Crippen LogP contribution in [0.15, 0.2) is 24.3 Å². The molecule has 1 aliphatic rings. The van der Waals surface area contributed by atoms with Gasteiger partial charge in [-0.25, -0.2) is 0 Å². The Kier molecular flexibility index (Phi) is 4.08. The van der Waals surface area contributed by atoms with Crippen LogP contribution in [-0.4, -0.2) is 25.6 Å². The molecule has 1 N–H and O–H groups in total. The van der Waals surface area contributed by atoms with Gasteiger partial charge in [0.25, 0.3) is 0 Å². The molecule has 0 saturated carbocycles. The van der Waals surface area contributed by atoms with Crippen molar-refractivity contribution in [1.82, 2.24) is 5.32 Å². The van der Waals surface area contributed by atoms with Crippen molar-refractivity contribution in [1.29, 1.82) is 0 Å². The summed E-state index contributed by atoms with van der Waals surface area (Å²) in [6.45, 7) is 2.18. The lowest BCUT2D eigenvalue weighted by Gasteiger charge is -2.11. The van der Waals surface area contributed by atoms with Gasteiger partial charge in [0.2, 0.25) is 0 Å². The minimum atomic E-state index is -4.65. The summed E-state index contributed by atoms with van der Waals surface area (Å²) in [5.41, 5.74) is 0.830. The highest BCUT2D eigenvalue weighted by Gasteiger charge is 2.30. The van der Waals surface area contributed by atoms with Gasteiger partial charge in [0.1, 0.15) is 5.75 Å². The number of nitrogens with one attached hydrogen (secondary N) is 1. The third kappa shape index (κ3) is 4.19. The van der Waals surface area contributed by atoms with Crippen LogP contribution in [0.4, 0.5) is 13.2 Å². The van der Waals surface area contributed by atoms with E-state index in [1.54, 1.807) is 12.1 Å². The molecule has 0 bridgehead atoms. The largest absolute Gasteiger partial charge is 0.573 e. The fourth-order valence-corrected chi connectivity index (χ4v) is 1.77. The fourth-order valence-electron chi connectivity index (χ4n) is 1.77. The van der Waals surface area contributed by atoms with Crippen molar-refractivity contribution in [3.05, 3.63) is 29.8 Å². The van der Waals surface area contributed by atoms with Gasteiger partial charge in [0.05, 0.1) is 12.7 Å². The van der Waals surface area contributed by atoms with E-state index in [-0.39, 0.29) is 11.9 Å². The molecular weight excluding hydrogens is 247 g/mol. The van der Waals surface area contributed by atoms with Crippen LogP contribution in [0, 0.1) is 0 Å². The van der Waals surface area contributed by atoms with E-state index in [4.69, 9.17) is 4.74 Å². The Bertz CT molecular complexity index is 372. The van der Waals surface area contributed by atoms with Crippen LogP contribution >= 0.6 is 0 Å². The van der Waals surface area contributed by atoms with E-state index in [0.29, 0.717) is 6.61 Å². The summed E-state index contributed by atoms with van der Waals surface area (Å²) < 4.78 is 45.2. The van der Waals surface area contributed by atoms with Crippen LogP contribution < -0.4 is 10.1 Å². The van der Waals surface area contributed by atoms with E-state index in [9.17, 15) is 13.2 Å². The standard InChI is InChI=1S/C12H14F3NO2/c13-12(14,15)18-10-3-1-9(2-4-10)8-17-11-5-6-16-7-11/h1-4,11,16H,5-8H2/t11-/m1/s1. The Morgan fingerprint density at radius 1 is 1.22 bits per heavy atom. The molecule has 0 aliphatic carbocycles. The second-order valence-corrected chi connectivity index (χ2v) is 4.12. The molecule has 1 aliphatic heterocycles. The van der Waals surface area contributed by atoms with E-state index in [1.807, 2.05) is 0 Å². The Morgan fingerprint density at radius 3 is 2.50 bits per heavy atom. The summed E-state index contributed by atoms with van der Waals surface area (Å²) in [5, 5.41) is 3.17. The molecule has 3 nitrogen and oxygen atoms in total. The first-order valence-electron chi connectivity index (χ1n) is 5.70. The number of ether oxygens (including phenoxy) is 2. The van der Waals surface area contributed by atoms with Gasteiger partial charge in [0.15, 0.2) is 0 Å². The molecule has 0 spiro atoms. The SMILES string of the molecule is FC(F)(F)Oc1ccc(CO[C@@H]2CCNC2)cc1. The molecule has 6 heteroatoms. The van der Waals surface area contributed by atoms with Gasteiger partial charge in [0, 0.05) is 6.54 Å². The molecule has 1 aromatic rings. The van der Waals surface area contributed by atoms with Gasteiger partial charge >= 0.3 is 6.36 Å². The van der Waals surface area contributed by atoms with Crippen LogP contribution in [0.25, 0.3) is 0 Å². The summed E-state index contributed by atoms with van der Waals surface area (Å²) in [4.78, 5) is 0. The van der Waals surface area contributed by atoms with Gasteiger partial charge in [-0.15, -0.1) is 13.2 Å². The molecule has 0 aromatic heterocycles. The minimum absolute atomic E-state index is 0.191. The molecule has 1 saturated heterocycles. The van der Waals surface area contributed by atoms with Crippen LogP contribution in [0.3, 0.4) is 0 Å². The van der Waals surface area contributed by atoms with Gasteiger partial charge in [-0.1, -0.05) is 12.1 Å². The van der Waals surface area contributed by atoms with Gasteiger partial charge in [-0.2, -0.15) is 0 Å². The molecule has 18 heavy (non-hydrogen) atoms. The number of rotatable bonds is 4. The van der Waals surface area contributed by atoms with E-state index in [2.05, 4.69) is 10.1 Å². The van der Waals surface area contributed by atoms with Crippen molar-refractivity contribution in [3.63, 3.8) is 0 Å². The molecule has 0 amide bonds. The third-order valence-electron chi connectivity index (χ3n) is 2.66. The van der Waals surface area contributed by atoms with Crippen molar-refractivity contribution in [3.8, 4) is 5.75 Å². The maximum Gasteiger partial charge on any atom is 0.573 e. The van der Waals surface area contributed by atoms with Crippen LogP contribution in [0.1, 0.15) is 12.0 Å². The van der Waals surface area contributed by atoms with Crippen LogP contribution in [0.5, 0.6) is 5.75 Å². The Morgan fingerprint density at radius 2 is 1.94 bits per heavy atom. The summed E-state index contributed by atoms with van der Waals surface area (Å²) in [5.74, 6) is -0.214. The molecule has 1 atom stereocenters. The number of alkyl halides is 3. The Balaban J connectivity index is 1.83. The van der Waals surface area contributed by atoms with Crippen molar-refractivity contribution in [2.75, 3.05) is 13.1 Å². The summed E-state index contributed by atoms with van der Waals surface area (Å²) in [6, 6.07) is 5.73. The number of benzene rings is 1. The van der Waals surface area contributed by atoms with Crippen LogP contribution in [-0.2, 0) is 11.3 Å². The molecule has 100 valence electrons. The normalized spacial score (nSPS) is 20.1. The average Bonchev–Trinajstić information content (AvgIpc) is 2.79. The zero-order chi connectivity index (χ0) is 13.0. The van der Waals surface area contributed by atoms with Gasteiger partial charge in [-0.05, 0) is 30.7 Å². The summed E-state index contributed by atoms with van der Waals surface area (Å²) in [6.07, 6.45) is -3.49. The highest BCUT2D eigenvalue weighted by molar-refractivity contribution is 5.27. The summed E-state index contributed by atoms with van der Waals surface area (Å²) >= 11 is 0. The molecule has 1 heterocycles. The molecule has 0 unspecified atom stereocenters. The van der Waals surface area contributed by atoms with Crippen molar-refractivity contribution in [2.24, 2.45) is 0 Å². The van der Waals surface area contributed by atoms with E-state index in [0.717, 1.165) is 25.1 Å². The second kappa shape index (κ2) is 5.58. The monoisotopic (exact) mass is 261 g/mol. The molecule has 2 rings (SSSR count). The zero-order valence-corrected chi connectivity index (χ0v) is 9.67. The highest BCUT2D eigenvalue weighted by atomic mass is 19.4.